The Balaban J connectivity index is 1.65. The summed E-state index contributed by atoms with van der Waals surface area (Å²) in [6.07, 6.45) is 2.64. The third-order valence-corrected chi connectivity index (χ3v) is 4.77. The molecule has 3 rings (SSSR count). The molecule has 0 unspecified atom stereocenters. The van der Waals surface area contributed by atoms with Gasteiger partial charge in [-0.2, -0.15) is 0 Å². The number of primary amides is 1. The van der Waals surface area contributed by atoms with Crippen LogP contribution in [0.2, 0.25) is 0 Å². The zero-order valence-corrected chi connectivity index (χ0v) is 15.6. The van der Waals surface area contributed by atoms with E-state index in [9.17, 15) is 23.6 Å². The predicted octanol–water partition coefficient (Wildman–Crippen LogP) is -0.167. The molecule has 2 fully saturated rings. The third-order valence-electron chi connectivity index (χ3n) is 4.77. The molecule has 1 aliphatic heterocycles. The van der Waals surface area contributed by atoms with Crippen LogP contribution in [-0.4, -0.2) is 55.6 Å². The van der Waals surface area contributed by atoms with Crippen LogP contribution in [-0.2, 0) is 19.1 Å². The molecule has 11 heteroatoms. The van der Waals surface area contributed by atoms with Gasteiger partial charge in [0.15, 0.2) is 6.04 Å². The van der Waals surface area contributed by atoms with Crippen molar-refractivity contribution >= 4 is 35.1 Å². The van der Waals surface area contributed by atoms with Crippen LogP contribution in [0.4, 0.5) is 20.6 Å². The number of hydrogen-bond donors (Lipinski definition) is 4. The van der Waals surface area contributed by atoms with Gasteiger partial charge in [0, 0.05) is 18.3 Å². The van der Waals surface area contributed by atoms with Crippen LogP contribution in [0.15, 0.2) is 18.2 Å². The molecule has 1 saturated heterocycles. The van der Waals surface area contributed by atoms with Gasteiger partial charge < -0.3 is 31.3 Å². The van der Waals surface area contributed by atoms with Crippen molar-refractivity contribution in [2.45, 2.75) is 31.3 Å². The molecule has 2 aliphatic rings. The van der Waals surface area contributed by atoms with Gasteiger partial charge in [-0.1, -0.05) is 0 Å². The summed E-state index contributed by atoms with van der Waals surface area (Å²) in [4.78, 5) is 49.1. The van der Waals surface area contributed by atoms with Crippen molar-refractivity contribution < 1.29 is 28.3 Å². The fraction of sp³-hybridized carbons (Fsp3) is 0.444. The number of amides is 5. The van der Waals surface area contributed by atoms with Crippen molar-refractivity contribution in [1.82, 2.24) is 10.6 Å². The Hall–Kier alpha value is -3.21. The minimum absolute atomic E-state index is 0.000487. The van der Waals surface area contributed by atoms with Gasteiger partial charge in [0.25, 0.3) is 11.8 Å². The topological polar surface area (TPSA) is 143 Å². The van der Waals surface area contributed by atoms with Crippen LogP contribution in [0.1, 0.15) is 19.3 Å². The summed E-state index contributed by atoms with van der Waals surface area (Å²) in [6, 6.07) is 1.44. The molecule has 1 heterocycles. The van der Waals surface area contributed by atoms with Crippen molar-refractivity contribution in [3.8, 4) is 0 Å². The predicted molar refractivity (Wildman–Crippen MR) is 100 cm³/mol. The van der Waals surface area contributed by atoms with E-state index in [1.165, 1.54) is 17.0 Å². The number of nitrogens with zero attached hydrogens (tertiary/aromatic N) is 1. The average molecular weight is 407 g/mol. The first-order valence-corrected chi connectivity index (χ1v) is 9.20. The van der Waals surface area contributed by atoms with Gasteiger partial charge in [-0.25, -0.2) is 9.18 Å². The number of hydrogen-bond acceptors (Lipinski definition) is 5. The van der Waals surface area contributed by atoms with E-state index in [0.717, 1.165) is 25.3 Å². The number of rotatable bonds is 6. The Morgan fingerprint density at radius 3 is 2.62 bits per heavy atom. The van der Waals surface area contributed by atoms with Gasteiger partial charge in [0.05, 0.1) is 12.3 Å². The number of carbonyl (C=O) groups excluding carboxylic acids is 4. The number of morpholine rings is 1. The van der Waals surface area contributed by atoms with Crippen molar-refractivity contribution in [3.63, 3.8) is 0 Å². The zero-order chi connectivity index (χ0) is 21.0. The molecule has 1 atom stereocenters. The quantitative estimate of drug-likeness (QED) is 0.484. The van der Waals surface area contributed by atoms with Crippen LogP contribution >= 0.6 is 0 Å². The second-order valence-electron chi connectivity index (χ2n) is 6.83. The largest absolute Gasteiger partial charge is 0.370 e. The molecule has 1 aliphatic carbocycles. The Kier molecular flexibility index (Phi) is 6.27. The highest BCUT2D eigenvalue weighted by atomic mass is 19.1. The van der Waals surface area contributed by atoms with Gasteiger partial charge in [-0.3, -0.25) is 14.4 Å². The standard InChI is InChI=1S/C18H22FN5O5/c19-12-8-11(24-6-7-29-9-14(24)25)4-5-13(12)22-17(27)15(16(20)26)23-18(28)21-10-2-1-3-10/h4-5,8,10,15H,1-3,6-7,9H2,(H2,20,26)(H,22,27)(H2,21,23,28)/t15-/m0/s1. The smallest absolute Gasteiger partial charge is 0.316 e. The molecule has 0 aromatic heterocycles. The lowest BCUT2D eigenvalue weighted by molar-refractivity contribution is -0.128. The van der Waals surface area contributed by atoms with Gasteiger partial charge >= 0.3 is 6.03 Å². The lowest BCUT2D eigenvalue weighted by Crippen LogP contribution is -2.56. The lowest BCUT2D eigenvalue weighted by atomic mass is 9.93. The molecule has 5 amide bonds. The van der Waals surface area contributed by atoms with E-state index < -0.39 is 29.7 Å². The summed E-state index contributed by atoms with van der Waals surface area (Å²) < 4.78 is 19.5. The number of carbonyl (C=O) groups is 4. The number of halogens is 1. The Morgan fingerprint density at radius 2 is 2.03 bits per heavy atom. The number of benzene rings is 1. The van der Waals surface area contributed by atoms with Gasteiger partial charge in [0.1, 0.15) is 12.4 Å². The molecule has 5 N–H and O–H groups in total. The van der Waals surface area contributed by atoms with Crippen LogP contribution < -0.4 is 26.6 Å². The highest BCUT2D eigenvalue weighted by molar-refractivity contribution is 6.11. The second kappa shape index (κ2) is 8.86. The maximum absolute atomic E-state index is 14.4. The van der Waals surface area contributed by atoms with E-state index in [-0.39, 0.29) is 30.8 Å². The monoisotopic (exact) mass is 407 g/mol. The van der Waals surface area contributed by atoms with Crippen molar-refractivity contribution in [2.75, 3.05) is 30.0 Å². The maximum Gasteiger partial charge on any atom is 0.316 e. The van der Waals surface area contributed by atoms with Crippen LogP contribution in [0.25, 0.3) is 0 Å². The number of anilines is 2. The molecule has 0 spiro atoms. The Labute approximate surface area is 165 Å². The number of ether oxygens (including phenoxy) is 1. The molecule has 10 nitrogen and oxygen atoms in total. The summed E-state index contributed by atoms with van der Waals surface area (Å²) in [7, 11) is 0. The lowest BCUT2D eigenvalue weighted by Gasteiger charge is -2.27. The van der Waals surface area contributed by atoms with Crippen LogP contribution in [0, 0.1) is 5.82 Å². The molecule has 1 saturated carbocycles. The normalized spacial score (nSPS) is 17.8. The van der Waals surface area contributed by atoms with Crippen molar-refractivity contribution in [2.24, 2.45) is 5.73 Å². The van der Waals surface area contributed by atoms with Crippen LogP contribution in [0.3, 0.4) is 0 Å². The number of urea groups is 1. The first-order chi connectivity index (χ1) is 13.8. The Morgan fingerprint density at radius 1 is 1.28 bits per heavy atom. The minimum atomic E-state index is -1.67. The highest BCUT2D eigenvalue weighted by Gasteiger charge is 2.29. The fourth-order valence-corrected chi connectivity index (χ4v) is 2.95. The van der Waals surface area contributed by atoms with Crippen molar-refractivity contribution in [1.29, 1.82) is 0 Å². The minimum Gasteiger partial charge on any atom is -0.370 e. The first kappa shape index (κ1) is 20.5. The van der Waals surface area contributed by atoms with Crippen LogP contribution in [0.5, 0.6) is 0 Å². The summed E-state index contributed by atoms with van der Waals surface area (Å²) in [5, 5.41) is 7.05. The maximum atomic E-state index is 14.4. The van der Waals surface area contributed by atoms with Gasteiger partial charge in [-0.15, -0.1) is 0 Å². The number of nitrogens with one attached hydrogen (secondary N) is 3. The molecule has 1 aromatic rings. The van der Waals surface area contributed by atoms with E-state index in [1.807, 2.05) is 0 Å². The molecule has 156 valence electrons. The molecule has 0 radical (unpaired) electrons. The highest BCUT2D eigenvalue weighted by Crippen LogP contribution is 2.23. The van der Waals surface area contributed by atoms with E-state index >= 15 is 0 Å². The van der Waals surface area contributed by atoms with Gasteiger partial charge in [0.2, 0.25) is 5.91 Å². The fourth-order valence-electron chi connectivity index (χ4n) is 2.95. The molecular weight excluding hydrogens is 385 g/mol. The van der Waals surface area contributed by atoms with Gasteiger partial charge in [-0.05, 0) is 37.5 Å². The molecular formula is C18H22FN5O5. The zero-order valence-electron chi connectivity index (χ0n) is 15.6. The summed E-state index contributed by atoms with van der Waals surface area (Å²) >= 11 is 0. The van der Waals surface area contributed by atoms with E-state index in [0.29, 0.717) is 12.3 Å². The Bertz CT molecular complexity index is 829. The van der Waals surface area contributed by atoms with E-state index in [2.05, 4.69) is 16.0 Å². The second-order valence-corrected chi connectivity index (χ2v) is 6.83. The SMILES string of the molecule is NC(=O)[C@H](NC(=O)NC1CCC1)C(=O)Nc1ccc(N2CCOCC2=O)cc1F. The molecule has 29 heavy (non-hydrogen) atoms. The summed E-state index contributed by atoms with van der Waals surface area (Å²) in [5.74, 6) is -3.17. The summed E-state index contributed by atoms with van der Waals surface area (Å²) in [6.45, 7) is 0.531. The van der Waals surface area contributed by atoms with E-state index in [1.54, 1.807) is 0 Å². The average Bonchev–Trinajstić information content (AvgIpc) is 2.64. The number of nitrogens with two attached hydrogens (primary N) is 1. The molecule has 1 aromatic carbocycles. The summed E-state index contributed by atoms with van der Waals surface area (Å²) in [5.41, 5.74) is 5.30. The third kappa shape index (κ3) is 4.99. The first-order valence-electron chi connectivity index (χ1n) is 9.20. The van der Waals surface area contributed by atoms with E-state index in [4.69, 9.17) is 10.5 Å². The van der Waals surface area contributed by atoms with Crippen molar-refractivity contribution in [3.05, 3.63) is 24.0 Å². The molecule has 0 bridgehead atoms.